The summed E-state index contributed by atoms with van der Waals surface area (Å²) in [5, 5.41) is 12.7. The molecule has 0 saturated carbocycles. The zero-order valence-electron chi connectivity index (χ0n) is 22.3. The van der Waals surface area contributed by atoms with E-state index >= 15 is 0 Å². The highest BCUT2D eigenvalue weighted by molar-refractivity contribution is 9.10. The van der Waals surface area contributed by atoms with Crippen LogP contribution in [0.5, 0.6) is 0 Å². The first-order valence-corrected chi connectivity index (χ1v) is 15.4. The molecule has 0 spiro atoms. The van der Waals surface area contributed by atoms with Gasteiger partial charge in [-0.05, 0) is 103 Å². The molecular formula is C33H40Br2O. The van der Waals surface area contributed by atoms with Gasteiger partial charge in [0.05, 0.1) is 0 Å². The van der Waals surface area contributed by atoms with Crippen LogP contribution in [0.2, 0.25) is 0 Å². The average Bonchev–Trinajstić information content (AvgIpc) is 3.08. The van der Waals surface area contributed by atoms with E-state index in [1.165, 1.54) is 73.6 Å². The second-order valence-corrected chi connectivity index (χ2v) is 12.4. The van der Waals surface area contributed by atoms with Gasteiger partial charge < -0.3 is 5.11 Å². The van der Waals surface area contributed by atoms with Gasteiger partial charge in [0.25, 0.3) is 0 Å². The van der Waals surface area contributed by atoms with Gasteiger partial charge in [-0.2, -0.15) is 0 Å². The minimum Gasteiger partial charge on any atom is -0.376 e. The summed E-state index contributed by atoms with van der Waals surface area (Å²) in [6, 6.07) is 15.7. The van der Waals surface area contributed by atoms with Crippen LogP contribution in [0.15, 0.2) is 51.4 Å². The van der Waals surface area contributed by atoms with Gasteiger partial charge in [0.1, 0.15) is 5.60 Å². The van der Waals surface area contributed by atoms with Crippen LogP contribution in [0.3, 0.4) is 0 Å². The number of aliphatic hydroxyl groups is 1. The Balaban J connectivity index is 1.84. The summed E-state index contributed by atoms with van der Waals surface area (Å²) >= 11 is 7.51. The van der Waals surface area contributed by atoms with Crippen LogP contribution in [-0.2, 0) is 18.4 Å². The second-order valence-electron chi connectivity index (χ2n) is 10.7. The van der Waals surface area contributed by atoms with Crippen molar-refractivity contribution < 1.29 is 5.11 Å². The van der Waals surface area contributed by atoms with E-state index in [0.29, 0.717) is 0 Å². The van der Waals surface area contributed by atoms with Crippen LogP contribution >= 0.6 is 31.9 Å². The summed E-state index contributed by atoms with van der Waals surface area (Å²) in [6.45, 7) is 8.77. The van der Waals surface area contributed by atoms with E-state index in [2.05, 4.69) is 102 Å². The summed E-state index contributed by atoms with van der Waals surface area (Å²) in [5.74, 6) is 0. The zero-order chi connectivity index (χ0) is 25.9. The molecule has 0 radical (unpaired) electrons. The number of rotatable bonds is 11. The van der Waals surface area contributed by atoms with Crippen molar-refractivity contribution in [2.24, 2.45) is 0 Å². The Bertz CT molecular complexity index is 1140. The molecule has 36 heavy (non-hydrogen) atoms. The van der Waals surface area contributed by atoms with Gasteiger partial charge in [-0.15, -0.1) is 0 Å². The predicted molar refractivity (Wildman–Crippen MR) is 161 cm³/mol. The van der Waals surface area contributed by atoms with Crippen molar-refractivity contribution in [1.29, 1.82) is 0 Å². The molecule has 1 nitrogen and oxygen atoms in total. The number of unbranched alkanes of at least 4 members (excludes halogenated alkanes) is 6. The van der Waals surface area contributed by atoms with Gasteiger partial charge in [-0.3, -0.25) is 0 Å². The zero-order valence-corrected chi connectivity index (χ0v) is 25.5. The highest BCUT2D eigenvalue weighted by Gasteiger charge is 2.44. The van der Waals surface area contributed by atoms with Crippen molar-refractivity contribution in [2.45, 2.75) is 97.5 Å². The smallest absolute Gasteiger partial charge is 0.141 e. The summed E-state index contributed by atoms with van der Waals surface area (Å²) in [7, 11) is 0. The number of hydrogen-bond donors (Lipinski definition) is 1. The Labute approximate surface area is 235 Å². The van der Waals surface area contributed by atoms with Crippen molar-refractivity contribution in [2.75, 3.05) is 0 Å². The summed E-state index contributed by atoms with van der Waals surface area (Å²) in [5.41, 5.74) is 9.16. The van der Waals surface area contributed by atoms with Gasteiger partial charge in [0.15, 0.2) is 0 Å². The molecule has 0 atom stereocenters. The van der Waals surface area contributed by atoms with Gasteiger partial charge in [0.2, 0.25) is 0 Å². The lowest BCUT2D eigenvalue weighted by atomic mass is 9.81. The molecule has 1 aliphatic carbocycles. The van der Waals surface area contributed by atoms with Gasteiger partial charge >= 0.3 is 0 Å². The molecule has 0 unspecified atom stereocenters. The van der Waals surface area contributed by atoms with Crippen LogP contribution < -0.4 is 0 Å². The fraction of sp³-hybridized carbons (Fsp3) is 0.455. The largest absolute Gasteiger partial charge is 0.376 e. The Morgan fingerprint density at radius 2 is 1.06 bits per heavy atom. The third-order valence-corrected chi connectivity index (χ3v) is 9.48. The van der Waals surface area contributed by atoms with E-state index in [1.807, 2.05) is 0 Å². The highest BCUT2D eigenvalue weighted by atomic mass is 79.9. The third-order valence-electron chi connectivity index (χ3n) is 7.78. The van der Waals surface area contributed by atoms with Crippen LogP contribution in [0.4, 0.5) is 0 Å². The summed E-state index contributed by atoms with van der Waals surface area (Å²) < 4.78 is 2.08. The van der Waals surface area contributed by atoms with Crippen LogP contribution in [0, 0.1) is 13.8 Å². The molecule has 1 N–H and O–H groups in total. The van der Waals surface area contributed by atoms with E-state index < -0.39 is 5.60 Å². The SMILES string of the molecule is CCCCCCc1cc(CCCCCC)cc(C2(O)c3cc(Br)c(C)cc3-c3cc(C)c(Br)cc32)c1. The molecule has 3 aromatic carbocycles. The number of benzene rings is 3. The lowest BCUT2D eigenvalue weighted by molar-refractivity contribution is 0.130. The van der Waals surface area contributed by atoms with Crippen molar-refractivity contribution in [1.82, 2.24) is 0 Å². The number of hydrogen-bond acceptors (Lipinski definition) is 1. The molecule has 0 heterocycles. The lowest BCUT2D eigenvalue weighted by Gasteiger charge is -2.28. The molecule has 3 heteroatoms. The fourth-order valence-electron chi connectivity index (χ4n) is 5.64. The molecule has 1 aliphatic rings. The second kappa shape index (κ2) is 12.0. The minimum atomic E-state index is -1.17. The maximum absolute atomic E-state index is 12.7. The monoisotopic (exact) mass is 610 g/mol. The Morgan fingerprint density at radius 1 is 0.611 bits per heavy atom. The maximum Gasteiger partial charge on any atom is 0.141 e. The minimum absolute atomic E-state index is 0.979. The molecule has 4 rings (SSSR count). The van der Waals surface area contributed by atoms with Crippen molar-refractivity contribution in [3.05, 3.63) is 90.4 Å². The summed E-state index contributed by atoms with van der Waals surface area (Å²) in [4.78, 5) is 0. The van der Waals surface area contributed by atoms with Crippen molar-refractivity contribution in [3.63, 3.8) is 0 Å². The molecule has 0 bridgehead atoms. The molecule has 0 fully saturated rings. The van der Waals surface area contributed by atoms with E-state index in [0.717, 1.165) is 49.6 Å². The first-order valence-electron chi connectivity index (χ1n) is 13.8. The van der Waals surface area contributed by atoms with E-state index in [4.69, 9.17) is 0 Å². The van der Waals surface area contributed by atoms with Gasteiger partial charge in [0, 0.05) is 20.1 Å². The van der Waals surface area contributed by atoms with Crippen LogP contribution in [-0.4, -0.2) is 5.11 Å². The van der Waals surface area contributed by atoms with Crippen LogP contribution in [0.1, 0.15) is 104 Å². The molecular weight excluding hydrogens is 572 g/mol. The van der Waals surface area contributed by atoms with Gasteiger partial charge in [-0.1, -0.05) is 102 Å². The van der Waals surface area contributed by atoms with Crippen molar-refractivity contribution in [3.8, 4) is 11.1 Å². The number of aryl methyl sites for hydroxylation is 4. The molecule has 0 saturated heterocycles. The first-order chi connectivity index (χ1) is 17.3. The van der Waals surface area contributed by atoms with E-state index in [-0.39, 0.29) is 0 Å². The Hall–Kier alpha value is -1.42. The molecule has 192 valence electrons. The normalized spacial score (nSPS) is 13.6. The maximum atomic E-state index is 12.7. The van der Waals surface area contributed by atoms with Crippen LogP contribution in [0.25, 0.3) is 11.1 Å². The third kappa shape index (κ3) is 5.54. The van der Waals surface area contributed by atoms with Crippen molar-refractivity contribution >= 4 is 31.9 Å². The molecule has 0 aliphatic heterocycles. The molecule has 3 aromatic rings. The molecule has 0 aromatic heterocycles. The number of fused-ring (bicyclic) bond motifs is 3. The summed E-state index contributed by atoms with van der Waals surface area (Å²) in [6.07, 6.45) is 12.1. The standard InChI is InChI=1S/C33H40Br2O/c1-5-7-9-11-13-24-17-25(14-12-10-8-6-2)19-26(18-24)33(36)29-20-31(34)22(3)15-27(29)28-16-23(4)32(35)21-30(28)33/h15-21,36H,5-14H2,1-4H3. The first kappa shape index (κ1) is 27.6. The van der Waals surface area contributed by atoms with Gasteiger partial charge in [-0.25, -0.2) is 0 Å². The average molecular weight is 612 g/mol. The Morgan fingerprint density at radius 3 is 1.47 bits per heavy atom. The highest BCUT2D eigenvalue weighted by Crippen LogP contribution is 2.53. The fourth-order valence-corrected chi connectivity index (χ4v) is 6.32. The predicted octanol–water partition coefficient (Wildman–Crippen LogP) is 10.3. The topological polar surface area (TPSA) is 20.2 Å². The lowest BCUT2D eigenvalue weighted by Crippen LogP contribution is -2.27. The van der Waals surface area contributed by atoms with E-state index in [9.17, 15) is 5.11 Å². The Kier molecular flexibility index (Phi) is 9.18. The van der Waals surface area contributed by atoms with E-state index in [1.54, 1.807) is 0 Å². The number of halogens is 2. The quantitative estimate of drug-likeness (QED) is 0.214. The molecule has 0 amide bonds.